The van der Waals surface area contributed by atoms with Crippen molar-refractivity contribution in [1.82, 2.24) is 19.5 Å². The number of anilines is 1. The molecule has 0 radical (unpaired) electrons. The number of nitrogens with zero attached hydrogens (tertiary/aromatic N) is 4. The van der Waals surface area contributed by atoms with Crippen LogP contribution >= 0.6 is 11.8 Å². The summed E-state index contributed by atoms with van der Waals surface area (Å²) in [6.45, 7) is 3.06. The predicted molar refractivity (Wildman–Crippen MR) is 82.1 cm³/mol. The standard InChI is InChI=1S/C14H13N5O2S/c1-2-19-13-11(12(15)16-6-17-13)18-14(19)22-8-3-4-9-10(5-8)21-7-20-9/h3-6H,2,7H2,1H3,(H2,15,16,17). The molecule has 22 heavy (non-hydrogen) atoms. The van der Waals surface area contributed by atoms with Crippen LogP contribution in [0.15, 0.2) is 34.6 Å². The zero-order valence-electron chi connectivity index (χ0n) is 11.8. The molecule has 7 nitrogen and oxygen atoms in total. The van der Waals surface area contributed by atoms with Crippen LogP contribution in [0.3, 0.4) is 0 Å². The number of ether oxygens (including phenoxy) is 2. The Labute approximate surface area is 130 Å². The molecule has 0 unspecified atom stereocenters. The van der Waals surface area contributed by atoms with Crippen LogP contribution in [0.2, 0.25) is 0 Å². The Morgan fingerprint density at radius 1 is 1.27 bits per heavy atom. The number of rotatable bonds is 3. The van der Waals surface area contributed by atoms with E-state index in [-0.39, 0.29) is 6.79 Å². The van der Waals surface area contributed by atoms with Gasteiger partial charge in [0.15, 0.2) is 33.6 Å². The molecule has 1 aliphatic rings. The van der Waals surface area contributed by atoms with Crippen molar-refractivity contribution in [2.75, 3.05) is 12.5 Å². The van der Waals surface area contributed by atoms with E-state index in [9.17, 15) is 0 Å². The monoisotopic (exact) mass is 315 g/mol. The topological polar surface area (TPSA) is 88.1 Å². The van der Waals surface area contributed by atoms with Gasteiger partial charge in [0, 0.05) is 11.4 Å². The zero-order chi connectivity index (χ0) is 15.1. The SMILES string of the molecule is CCn1c(Sc2ccc3c(c2)OCO3)nc2c(N)ncnc21. The highest BCUT2D eigenvalue weighted by Crippen LogP contribution is 2.38. The number of imidazole rings is 1. The lowest BCUT2D eigenvalue weighted by molar-refractivity contribution is 0.174. The maximum atomic E-state index is 5.89. The molecule has 8 heteroatoms. The first-order valence-electron chi connectivity index (χ1n) is 6.80. The van der Waals surface area contributed by atoms with E-state index in [0.717, 1.165) is 33.7 Å². The Morgan fingerprint density at radius 2 is 2.14 bits per heavy atom. The molecule has 1 aromatic carbocycles. The molecule has 3 heterocycles. The van der Waals surface area contributed by atoms with Gasteiger partial charge in [-0.3, -0.25) is 0 Å². The second-order valence-electron chi connectivity index (χ2n) is 4.69. The highest BCUT2D eigenvalue weighted by atomic mass is 32.2. The number of nitrogens with two attached hydrogens (primary N) is 1. The summed E-state index contributed by atoms with van der Waals surface area (Å²) in [7, 11) is 0. The first-order chi connectivity index (χ1) is 10.8. The predicted octanol–water partition coefficient (Wildman–Crippen LogP) is 2.31. The number of hydrogen-bond acceptors (Lipinski definition) is 7. The summed E-state index contributed by atoms with van der Waals surface area (Å²) in [5.41, 5.74) is 7.27. The Kier molecular flexibility index (Phi) is 3.04. The van der Waals surface area contributed by atoms with Gasteiger partial charge in [-0.05, 0) is 25.1 Å². The Morgan fingerprint density at radius 3 is 3.00 bits per heavy atom. The van der Waals surface area contributed by atoms with Crippen molar-refractivity contribution >= 4 is 28.7 Å². The second-order valence-corrected chi connectivity index (χ2v) is 5.73. The fourth-order valence-electron chi connectivity index (χ4n) is 2.34. The van der Waals surface area contributed by atoms with Crippen LogP contribution in [0, 0.1) is 0 Å². The van der Waals surface area contributed by atoms with Crippen molar-refractivity contribution in [2.45, 2.75) is 23.5 Å². The fraction of sp³-hybridized carbons (Fsp3) is 0.214. The Balaban J connectivity index is 1.76. The van der Waals surface area contributed by atoms with Crippen LogP contribution in [0.25, 0.3) is 11.2 Å². The Hall–Kier alpha value is -2.48. The lowest BCUT2D eigenvalue weighted by atomic mass is 10.3. The van der Waals surface area contributed by atoms with Gasteiger partial charge in [0.25, 0.3) is 0 Å². The van der Waals surface area contributed by atoms with Gasteiger partial charge >= 0.3 is 0 Å². The number of hydrogen-bond donors (Lipinski definition) is 1. The highest BCUT2D eigenvalue weighted by molar-refractivity contribution is 7.99. The minimum Gasteiger partial charge on any atom is -0.454 e. The van der Waals surface area contributed by atoms with Crippen molar-refractivity contribution in [1.29, 1.82) is 0 Å². The van der Waals surface area contributed by atoms with Crippen molar-refractivity contribution < 1.29 is 9.47 Å². The highest BCUT2D eigenvalue weighted by Gasteiger charge is 2.17. The van der Waals surface area contributed by atoms with Crippen molar-refractivity contribution in [3.63, 3.8) is 0 Å². The summed E-state index contributed by atoms with van der Waals surface area (Å²) >= 11 is 1.53. The maximum absolute atomic E-state index is 5.89. The van der Waals surface area contributed by atoms with E-state index in [2.05, 4.69) is 15.0 Å². The van der Waals surface area contributed by atoms with Gasteiger partial charge < -0.3 is 19.8 Å². The molecule has 0 fully saturated rings. The van der Waals surface area contributed by atoms with Crippen LogP contribution in [-0.2, 0) is 6.54 Å². The molecule has 3 aromatic rings. The molecular formula is C14H13N5O2S. The van der Waals surface area contributed by atoms with Gasteiger partial charge in [0.1, 0.15) is 6.33 Å². The molecule has 2 N–H and O–H groups in total. The smallest absolute Gasteiger partial charge is 0.231 e. The minimum atomic E-state index is 0.267. The summed E-state index contributed by atoms with van der Waals surface area (Å²) in [5, 5.41) is 0.823. The summed E-state index contributed by atoms with van der Waals surface area (Å²) < 4.78 is 12.7. The molecule has 112 valence electrons. The van der Waals surface area contributed by atoms with Crippen LogP contribution in [0.1, 0.15) is 6.92 Å². The zero-order valence-corrected chi connectivity index (χ0v) is 12.6. The number of benzene rings is 1. The van der Waals surface area contributed by atoms with E-state index in [4.69, 9.17) is 15.2 Å². The van der Waals surface area contributed by atoms with Gasteiger partial charge in [-0.1, -0.05) is 11.8 Å². The van der Waals surface area contributed by atoms with Gasteiger partial charge in [-0.15, -0.1) is 0 Å². The number of aryl methyl sites for hydroxylation is 1. The quantitative estimate of drug-likeness (QED) is 0.793. The van der Waals surface area contributed by atoms with Crippen LogP contribution in [-0.4, -0.2) is 26.3 Å². The average Bonchev–Trinajstić information content (AvgIpc) is 3.11. The summed E-state index contributed by atoms with van der Waals surface area (Å²) in [4.78, 5) is 13.9. The first kappa shape index (κ1) is 13.2. The third kappa shape index (κ3) is 2.03. The third-order valence-electron chi connectivity index (χ3n) is 3.39. The molecule has 0 saturated carbocycles. The lowest BCUT2D eigenvalue weighted by Gasteiger charge is -2.05. The molecule has 0 aliphatic carbocycles. The average molecular weight is 315 g/mol. The van der Waals surface area contributed by atoms with Crippen molar-refractivity contribution in [3.8, 4) is 11.5 Å². The molecule has 0 saturated heterocycles. The molecular weight excluding hydrogens is 302 g/mol. The summed E-state index contributed by atoms with van der Waals surface area (Å²) in [6, 6.07) is 5.83. The van der Waals surface area contributed by atoms with E-state index < -0.39 is 0 Å². The molecule has 0 bridgehead atoms. The first-order valence-corrected chi connectivity index (χ1v) is 7.62. The third-order valence-corrected chi connectivity index (χ3v) is 4.38. The number of nitrogen functional groups attached to an aromatic ring is 1. The normalized spacial score (nSPS) is 13.0. The van der Waals surface area contributed by atoms with Crippen LogP contribution in [0.4, 0.5) is 5.82 Å². The fourth-order valence-corrected chi connectivity index (χ4v) is 3.32. The molecule has 2 aromatic heterocycles. The number of fused-ring (bicyclic) bond motifs is 2. The van der Waals surface area contributed by atoms with E-state index in [1.165, 1.54) is 18.1 Å². The van der Waals surface area contributed by atoms with Crippen LogP contribution in [0.5, 0.6) is 11.5 Å². The van der Waals surface area contributed by atoms with Gasteiger partial charge in [0.2, 0.25) is 6.79 Å². The van der Waals surface area contributed by atoms with Gasteiger partial charge in [-0.25, -0.2) is 15.0 Å². The molecule has 0 amide bonds. The maximum Gasteiger partial charge on any atom is 0.231 e. The second kappa shape index (κ2) is 5.06. The lowest BCUT2D eigenvalue weighted by Crippen LogP contribution is -1.98. The van der Waals surface area contributed by atoms with E-state index in [1.807, 2.05) is 29.7 Å². The minimum absolute atomic E-state index is 0.267. The molecule has 0 atom stereocenters. The number of aromatic nitrogens is 4. The van der Waals surface area contributed by atoms with E-state index in [0.29, 0.717) is 11.3 Å². The van der Waals surface area contributed by atoms with E-state index in [1.54, 1.807) is 0 Å². The molecule has 4 rings (SSSR count). The van der Waals surface area contributed by atoms with Crippen LogP contribution < -0.4 is 15.2 Å². The van der Waals surface area contributed by atoms with E-state index >= 15 is 0 Å². The summed E-state index contributed by atoms with van der Waals surface area (Å²) in [5.74, 6) is 1.91. The van der Waals surface area contributed by atoms with Gasteiger partial charge in [0.05, 0.1) is 0 Å². The summed E-state index contributed by atoms with van der Waals surface area (Å²) in [6.07, 6.45) is 1.46. The van der Waals surface area contributed by atoms with Crippen molar-refractivity contribution in [2.24, 2.45) is 0 Å². The van der Waals surface area contributed by atoms with Crippen molar-refractivity contribution in [3.05, 3.63) is 24.5 Å². The largest absolute Gasteiger partial charge is 0.454 e. The molecule has 0 spiro atoms. The van der Waals surface area contributed by atoms with Gasteiger partial charge in [-0.2, -0.15) is 0 Å². The molecule has 1 aliphatic heterocycles. The Bertz CT molecular complexity index is 864.